The maximum absolute atomic E-state index is 2.47. The first-order valence-electron chi connectivity index (χ1n) is 37.2. The van der Waals surface area contributed by atoms with Crippen molar-refractivity contribution in [2.75, 3.05) is 9.80 Å². The lowest BCUT2D eigenvalue weighted by molar-refractivity contribution is 1.28. The number of nitrogens with zero attached hydrogens (tertiary/aromatic N) is 2. The largest absolute Gasteiger partial charge is 0.311 e. The van der Waals surface area contributed by atoms with Crippen LogP contribution in [0.1, 0.15) is 0 Å². The third-order valence-corrected chi connectivity index (χ3v) is 21.5. The van der Waals surface area contributed by atoms with Crippen molar-refractivity contribution >= 4 is 77.2 Å². The molecule has 0 unspecified atom stereocenters. The van der Waals surface area contributed by atoms with Crippen molar-refractivity contribution < 1.29 is 0 Å². The average molecular weight is 1370 g/mol. The smallest absolute Gasteiger partial charge is 0.0540 e. The monoisotopic (exact) mass is 1370 g/mol. The van der Waals surface area contributed by atoms with E-state index in [1.807, 2.05) is 0 Å². The lowest BCUT2D eigenvalue weighted by Gasteiger charge is -2.30. The molecule has 0 spiro atoms. The Balaban J connectivity index is 0.728. The third-order valence-electron chi connectivity index (χ3n) is 21.5. The maximum atomic E-state index is 2.47. The van der Waals surface area contributed by atoms with Gasteiger partial charge in [0.05, 0.1) is 11.4 Å². The number of rotatable bonds is 16. The minimum Gasteiger partial charge on any atom is -0.311 e. The van der Waals surface area contributed by atoms with E-state index >= 15 is 0 Å². The molecular formula is C106H72N2. The van der Waals surface area contributed by atoms with Crippen LogP contribution >= 0.6 is 0 Å². The van der Waals surface area contributed by atoms with Crippen LogP contribution in [0.5, 0.6) is 0 Å². The van der Waals surface area contributed by atoms with Gasteiger partial charge in [-0.3, -0.25) is 0 Å². The van der Waals surface area contributed by atoms with Crippen molar-refractivity contribution in [3.63, 3.8) is 0 Å². The first-order chi connectivity index (χ1) is 53.6. The maximum Gasteiger partial charge on any atom is 0.0540 e. The van der Waals surface area contributed by atoms with Crippen LogP contribution in [0.3, 0.4) is 0 Å². The summed E-state index contributed by atoms with van der Waals surface area (Å²) in [5, 5.41) is 9.78. The van der Waals surface area contributed by atoms with E-state index in [1.54, 1.807) is 0 Å². The van der Waals surface area contributed by atoms with E-state index < -0.39 is 0 Å². The summed E-state index contributed by atoms with van der Waals surface area (Å²) in [6, 6.07) is 160. The van der Waals surface area contributed by atoms with Crippen LogP contribution in [-0.2, 0) is 0 Å². The second-order valence-corrected chi connectivity index (χ2v) is 27.7. The molecule has 0 saturated heterocycles. The van der Waals surface area contributed by atoms with E-state index in [-0.39, 0.29) is 0 Å². The van der Waals surface area contributed by atoms with Gasteiger partial charge in [0.15, 0.2) is 0 Å². The highest BCUT2D eigenvalue weighted by molar-refractivity contribution is 6.24. The molecule has 0 saturated carbocycles. The molecule has 0 amide bonds. The summed E-state index contributed by atoms with van der Waals surface area (Å²) in [5.41, 5.74) is 29.8. The predicted molar refractivity (Wildman–Crippen MR) is 460 cm³/mol. The molecule has 108 heavy (non-hydrogen) atoms. The average Bonchev–Trinajstić information content (AvgIpc) is 0.737. The summed E-state index contributed by atoms with van der Waals surface area (Å²) in [5.74, 6) is 0. The van der Waals surface area contributed by atoms with Gasteiger partial charge < -0.3 is 9.80 Å². The highest BCUT2D eigenvalue weighted by Gasteiger charge is 2.26. The number of fused-ring (bicyclic) bond motifs is 6. The van der Waals surface area contributed by atoms with Gasteiger partial charge in [0.1, 0.15) is 0 Å². The van der Waals surface area contributed by atoms with Crippen molar-refractivity contribution in [1.29, 1.82) is 0 Å². The highest BCUT2D eigenvalue weighted by Crippen LogP contribution is 2.52. The molecule has 0 atom stereocenters. The third kappa shape index (κ3) is 12.0. The molecule has 506 valence electrons. The zero-order valence-electron chi connectivity index (χ0n) is 59.5. The lowest BCUT2D eigenvalue weighted by Crippen LogP contribution is -2.12. The van der Waals surface area contributed by atoms with Gasteiger partial charge in [0.25, 0.3) is 0 Å². The summed E-state index contributed by atoms with van der Waals surface area (Å²) in [4.78, 5) is 4.86. The molecule has 19 rings (SSSR count). The van der Waals surface area contributed by atoms with E-state index in [2.05, 4.69) is 447 Å². The lowest BCUT2D eigenvalue weighted by atomic mass is 9.82. The Morgan fingerprint density at radius 2 is 0.352 bits per heavy atom. The molecule has 19 aromatic rings. The minimum atomic E-state index is 1.05. The minimum absolute atomic E-state index is 1.05. The molecule has 0 radical (unpaired) electrons. The quantitative estimate of drug-likeness (QED) is 0.0890. The molecule has 0 heterocycles. The molecule has 0 N–H and O–H groups in total. The number of hydrogen-bond acceptors (Lipinski definition) is 2. The van der Waals surface area contributed by atoms with Gasteiger partial charge in [-0.25, -0.2) is 0 Å². The Bertz CT molecular complexity index is 6470. The fourth-order valence-electron chi connectivity index (χ4n) is 16.4. The molecule has 19 aromatic carbocycles. The van der Waals surface area contributed by atoms with Gasteiger partial charge in [0, 0.05) is 33.9 Å². The van der Waals surface area contributed by atoms with Crippen LogP contribution < -0.4 is 9.80 Å². The number of anilines is 6. The number of para-hydroxylation sites is 2. The van der Waals surface area contributed by atoms with Crippen molar-refractivity contribution in [2.45, 2.75) is 0 Å². The summed E-state index contributed by atoms with van der Waals surface area (Å²) in [7, 11) is 0. The van der Waals surface area contributed by atoms with E-state index in [0.717, 1.165) is 89.8 Å². The Morgan fingerprint density at radius 1 is 0.120 bits per heavy atom. The summed E-state index contributed by atoms with van der Waals surface area (Å²) < 4.78 is 0. The van der Waals surface area contributed by atoms with Crippen molar-refractivity contribution in [3.8, 4) is 111 Å². The van der Waals surface area contributed by atoms with Crippen LogP contribution in [0.15, 0.2) is 437 Å². The van der Waals surface area contributed by atoms with Gasteiger partial charge in [-0.15, -0.1) is 0 Å². The van der Waals surface area contributed by atoms with Crippen LogP contribution in [0.25, 0.3) is 154 Å². The van der Waals surface area contributed by atoms with E-state index in [1.165, 1.54) is 98.7 Å². The van der Waals surface area contributed by atoms with E-state index in [0.29, 0.717) is 0 Å². The van der Waals surface area contributed by atoms with Gasteiger partial charge in [0.2, 0.25) is 0 Å². The van der Waals surface area contributed by atoms with Gasteiger partial charge in [-0.05, 0) is 210 Å². The van der Waals surface area contributed by atoms with Gasteiger partial charge >= 0.3 is 0 Å². The molecule has 0 bridgehead atoms. The number of hydrogen-bond donors (Lipinski definition) is 0. The molecule has 2 nitrogen and oxygen atoms in total. The predicted octanol–water partition coefficient (Wildman–Crippen LogP) is 29.9. The topological polar surface area (TPSA) is 6.48 Å². The Morgan fingerprint density at radius 3 is 0.750 bits per heavy atom. The Hall–Kier alpha value is -14.2. The summed E-state index contributed by atoms with van der Waals surface area (Å²) in [6.45, 7) is 0. The Kier molecular flexibility index (Phi) is 17.0. The van der Waals surface area contributed by atoms with Crippen LogP contribution in [-0.4, -0.2) is 0 Å². The van der Waals surface area contributed by atoms with Gasteiger partial charge in [-0.2, -0.15) is 0 Å². The molecule has 0 aliphatic rings. The van der Waals surface area contributed by atoms with Crippen LogP contribution in [0, 0.1) is 0 Å². The first kappa shape index (κ1) is 64.6. The van der Waals surface area contributed by atoms with E-state index in [9.17, 15) is 0 Å². The zero-order chi connectivity index (χ0) is 71.7. The Labute approximate surface area is 630 Å². The van der Waals surface area contributed by atoms with Crippen molar-refractivity contribution in [1.82, 2.24) is 0 Å². The SMILES string of the molecule is c1ccc(-c2ccc(-c3ccc(N(c4ccc(-c5ccccc5)cc4)c4ccc(-c5c(-c6ccccc6-c6cccc(-c7ccccc7N(c7ccc(-c8c(-c9ccccc9)c9ccccc9c9ccccc89)cc7)c7ccccc7-c7ccccc7)c6)c6ccccc6c6ccccc56)cc4)cc3)cc2)cc1. The fraction of sp³-hybridized carbons (Fsp3) is 0. The van der Waals surface area contributed by atoms with Crippen molar-refractivity contribution in [2.24, 2.45) is 0 Å². The van der Waals surface area contributed by atoms with Crippen molar-refractivity contribution in [3.05, 3.63) is 437 Å². The molecule has 0 aromatic heterocycles. The molecule has 0 aliphatic carbocycles. The molecule has 0 fully saturated rings. The second kappa shape index (κ2) is 28.5. The number of benzene rings is 19. The van der Waals surface area contributed by atoms with Crippen LogP contribution in [0.2, 0.25) is 0 Å². The first-order valence-corrected chi connectivity index (χ1v) is 37.2. The molecule has 0 aliphatic heterocycles. The normalized spacial score (nSPS) is 11.3. The fourth-order valence-corrected chi connectivity index (χ4v) is 16.4. The highest BCUT2D eigenvalue weighted by atomic mass is 15.2. The summed E-state index contributed by atoms with van der Waals surface area (Å²) in [6.07, 6.45) is 0. The zero-order valence-corrected chi connectivity index (χ0v) is 59.5. The molecule has 2 heteroatoms. The van der Waals surface area contributed by atoms with E-state index in [4.69, 9.17) is 0 Å². The van der Waals surface area contributed by atoms with Crippen LogP contribution in [0.4, 0.5) is 34.1 Å². The second-order valence-electron chi connectivity index (χ2n) is 27.7. The molecular weight excluding hydrogens is 1300 g/mol. The van der Waals surface area contributed by atoms with Gasteiger partial charge in [-0.1, -0.05) is 370 Å². The summed E-state index contributed by atoms with van der Waals surface area (Å²) >= 11 is 0. The standard InChI is InChI=1S/C106H72N2/c1-5-28-73(29-6-1)75-52-54-76(55-53-75)78-58-66-86(67-59-78)107(85-64-56-77(57-65-85)74-30-7-2-8-31-74)87-68-60-82(61-69-87)105-99-48-21-16-43-94(99)95-44-17-22-49-100(95)106(105)96-45-18-13-38-89(96)83-36-27-37-84(72-83)91-40-24-26-51-102(91)108(101-50-25-23-39-90(101)79-32-9-3-10-33-79)88-70-62-81(63-71-88)104-98-47-20-15-42-93(98)92-41-14-19-46-97(92)103(104)80-34-11-4-12-35-80/h1-72H.